The number of nitrogens with one attached hydrogen (secondary N) is 2. The SMILES string of the molecule is COc1cc2c3c(oc2cc1NC(=O)C1CCC(NS(=O)(=O)C(C)(C)C)CC1)C=CCC3. The van der Waals surface area contributed by atoms with Gasteiger partial charge in [-0.1, -0.05) is 6.08 Å². The number of amides is 1. The van der Waals surface area contributed by atoms with Crippen molar-refractivity contribution < 1.29 is 22.4 Å². The molecule has 0 atom stereocenters. The number of allylic oxidation sites excluding steroid dienone is 1. The third kappa shape index (κ3) is 4.43. The van der Waals surface area contributed by atoms with Crippen LogP contribution in [-0.4, -0.2) is 32.2 Å². The van der Waals surface area contributed by atoms with Gasteiger partial charge < -0.3 is 14.5 Å². The van der Waals surface area contributed by atoms with Crippen LogP contribution in [0.15, 0.2) is 22.6 Å². The third-order valence-corrected chi connectivity index (χ3v) is 8.71. The minimum absolute atomic E-state index is 0.0732. The molecule has 2 aliphatic rings. The topological polar surface area (TPSA) is 97.6 Å². The maximum atomic E-state index is 13.0. The summed E-state index contributed by atoms with van der Waals surface area (Å²) in [7, 11) is -1.80. The molecule has 4 rings (SSSR count). The normalized spacial score (nSPS) is 21.4. The first-order valence-corrected chi connectivity index (χ1v) is 12.7. The minimum Gasteiger partial charge on any atom is -0.495 e. The van der Waals surface area contributed by atoms with Crippen molar-refractivity contribution in [1.82, 2.24) is 4.72 Å². The second kappa shape index (κ2) is 8.56. The molecule has 174 valence electrons. The maximum Gasteiger partial charge on any atom is 0.227 e. The van der Waals surface area contributed by atoms with Gasteiger partial charge in [-0.2, -0.15) is 0 Å². The van der Waals surface area contributed by atoms with Crippen LogP contribution in [0.4, 0.5) is 5.69 Å². The van der Waals surface area contributed by atoms with Gasteiger partial charge in [-0.15, -0.1) is 0 Å². The number of carbonyl (C=O) groups is 1. The summed E-state index contributed by atoms with van der Waals surface area (Å²) in [6.07, 6.45) is 8.55. The van der Waals surface area contributed by atoms with Crippen molar-refractivity contribution in [2.75, 3.05) is 12.4 Å². The average Bonchev–Trinajstić information content (AvgIpc) is 3.10. The van der Waals surface area contributed by atoms with E-state index in [1.807, 2.05) is 18.2 Å². The summed E-state index contributed by atoms with van der Waals surface area (Å²) < 4.78 is 38.3. The monoisotopic (exact) mass is 460 g/mol. The highest BCUT2D eigenvalue weighted by molar-refractivity contribution is 7.90. The van der Waals surface area contributed by atoms with Crippen LogP contribution in [-0.2, 0) is 21.2 Å². The number of ether oxygens (including phenoxy) is 1. The van der Waals surface area contributed by atoms with E-state index in [0.29, 0.717) is 37.1 Å². The number of rotatable bonds is 5. The predicted octanol–water partition coefficient (Wildman–Crippen LogP) is 4.62. The van der Waals surface area contributed by atoms with E-state index < -0.39 is 14.8 Å². The van der Waals surface area contributed by atoms with Crippen LogP contribution in [0.5, 0.6) is 5.75 Å². The lowest BCUT2D eigenvalue weighted by Gasteiger charge is -2.30. The summed E-state index contributed by atoms with van der Waals surface area (Å²) in [5.74, 6) is 1.23. The Hall–Kier alpha value is -2.32. The van der Waals surface area contributed by atoms with Gasteiger partial charge in [-0.25, -0.2) is 13.1 Å². The van der Waals surface area contributed by atoms with E-state index in [1.165, 1.54) is 5.56 Å². The predicted molar refractivity (Wildman–Crippen MR) is 126 cm³/mol. The molecule has 0 radical (unpaired) electrons. The number of hydrogen-bond acceptors (Lipinski definition) is 5. The molecule has 2 N–H and O–H groups in total. The Morgan fingerprint density at radius 2 is 1.88 bits per heavy atom. The number of carbonyl (C=O) groups excluding carboxylic acids is 1. The van der Waals surface area contributed by atoms with E-state index in [0.717, 1.165) is 29.6 Å². The number of anilines is 1. The van der Waals surface area contributed by atoms with Crippen molar-refractivity contribution in [3.63, 3.8) is 0 Å². The molecule has 1 aromatic heterocycles. The molecule has 1 saturated carbocycles. The lowest BCUT2D eigenvalue weighted by atomic mass is 9.86. The molecule has 1 aromatic carbocycles. The van der Waals surface area contributed by atoms with Crippen molar-refractivity contribution in [2.24, 2.45) is 5.92 Å². The molecular weight excluding hydrogens is 428 g/mol. The molecule has 8 heteroatoms. The standard InChI is InChI=1S/C24H32N2O5S/c1-24(2,3)32(28,29)26-16-11-9-15(10-12-16)23(27)25-19-14-21-18(13-22(19)30-4)17-7-5-6-8-20(17)31-21/h6,8,13-16,26H,5,7,9-12H2,1-4H3,(H,25,27). The number of fused-ring (bicyclic) bond motifs is 3. The zero-order valence-electron chi connectivity index (χ0n) is 19.2. The summed E-state index contributed by atoms with van der Waals surface area (Å²) in [6, 6.07) is 3.64. The highest BCUT2D eigenvalue weighted by Crippen LogP contribution is 2.38. The summed E-state index contributed by atoms with van der Waals surface area (Å²) in [4.78, 5) is 13.0. The largest absolute Gasteiger partial charge is 0.495 e. The van der Waals surface area contributed by atoms with E-state index >= 15 is 0 Å². The number of hydrogen-bond donors (Lipinski definition) is 2. The number of aryl methyl sites for hydroxylation is 1. The molecule has 0 spiro atoms. The van der Waals surface area contributed by atoms with Crippen molar-refractivity contribution >= 4 is 38.7 Å². The lowest BCUT2D eigenvalue weighted by molar-refractivity contribution is -0.120. The number of furan rings is 1. The van der Waals surface area contributed by atoms with Gasteiger partial charge in [0, 0.05) is 29.0 Å². The van der Waals surface area contributed by atoms with Gasteiger partial charge in [0.1, 0.15) is 17.1 Å². The van der Waals surface area contributed by atoms with Gasteiger partial charge in [0.05, 0.1) is 17.5 Å². The fourth-order valence-electron chi connectivity index (χ4n) is 4.37. The maximum absolute atomic E-state index is 13.0. The van der Waals surface area contributed by atoms with Crippen molar-refractivity contribution in [3.05, 3.63) is 29.5 Å². The first kappa shape index (κ1) is 22.9. The van der Waals surface area contributed by atoms with E-state index in [4.69, 9.17) is 9.15 Å². The zero-order chi connectivity index (χ0) is 23.1. The van der Waals surface area contributed by atoms with E-state index in [-0.39, 0.29) is 17.9 Å². The van der Waals surface area contributed by atoms with E-state index in [2.05, 4.69) is 16.1 Å². The summed E-state index contributed by atoms with van der Waals surface area (Å²) >= 11 is 0. The second-order valence-electron chi connectivity index (χ2n) is 9.71. The van der Waals surface area contributed by atoms with Crippen molar-refractivity contribution in [1.29, 1.82) is 0 Å². The molecule has 2 aromatic rings. The summed E-state index contributed by atoms with van der Waals surface area (Å²) in [5.41, 5.74) is 2.50. The average molecular weight is 461 g/mol. The van der Waals surface area contributed by atoms with Gasteiger partial charge in [0.15, 0.2) is 0 Å². The highest BCUT2D eigenvalue weighted by atomic mass is 32.2. The Morgan fingerprint density at radius 3 is 2.53 bits per heavy atom. The summed E-state index contributed by atoms with van der Waals surface area (Å²) in [6.45, 7) is 5.05. The Bertz CT molecular complexity index is 1150. The first-order chi connectivity index (χ1) is 15.1. The van der Waals surface area contributed by atoms with E-state index in [1.54, 1.807) is 27.9 Å². The van der Waals surface area contributed by atoms with Crippen LogP contribution in [0, 0.1) is 5.92 Å². The molecule has 0 bridgehead atoms. The Kier molecular flexibility index (Phi) is 6.11. The molecule has 32 heavy (non-hydrogen) atoms. The van der Waals surface area contributed by atoms with Gasteiger partial charge in [-0.3, -0.25) is 4.79 Å². The smallest absolute Gasteiger partial charge is 0.227 e. The molecule has 2 aliphatic carbocycles. The highest BCUT2D eigenvalue weighted by Gasteiger charge is 2.34. The molecule has 0 unspecified atom stereocenters. The quantitative estimate of drug-likeness (QED) is 0.679. The second-order valence-corrected chi connectivity index (χ2v) is 12.2. The molecular formula is C24H32N2O5S. The van der Waals surface area contributed by atoms with Crippen LogP contribution in [0.1, 0.15) is 64.2 Å². The van der Waals surface area contributed by atoms with Crippen LogP contribution < -0.4 is 14.8 Å². The Labute approximate surface area is 189 Å². The lowest BCUT2D eigenvalue weighted by Crippen LogP contribution is -2.46. The minimum atomic E-state index is -3.40. The van der Waals surface area contributed by atoms with E-state index in [9.17, 15) is 13.2 Å². The van der Waals surface area contributed by atoms with Gasteiger partial charge >= 0.3 is 0 Å². The van der Waals surface area contributed by atoms with Crippen molar-refractivity contribution in [3.8, 4) is 5.75 Å². The van der Waals surface area contributed by atoms with Crippen LogP contribution >= 0.6 is 0 Å². The molecule has 1 fully saturated rings. The van der Waals surface area contributed by atoms with Gasteiger partial charge in [0.2, 0.25) is 15.9 Å². The molecule has 0 aliphatic heterocycles. The van der Waals surface area contributed by atoms with Gasteiger partial charge in [-0.05, 0) is 71.4 Å². The Morgan fingerprint density at radius 1 is 1.16 bits per heavy atom. The fourth-order valence-corrected chi connectivity index (χ4v) is 5.40. The van der Waals surface area contributed by atoms with Crippen LogP contribution in [0.25, 0.3) is 17.0 Å². The molecule has 0 saturated heterocycles. The molecule has 1 heterocycles. The van der Waals surface area contributed by atoms with Crippen LogP contribution in [0.2, 0.25) is 0 Å². The van der Waals surface area contributed by atoms with Gasteiger partial charge in [0.25, 0.3) is 0 Å². The zero-order valence-corrected chi connectivity index (χ0v) is 20.0. The number of sulfonamides is 1. The molecule has 7 nitrogen and oxygen atoms in total. The Balaban J connectivity index is 1.44. The van der Waals surface area contributed by atoms with Crippen molar-refractivity contribution in [2.45, 2.75) is 70.1 Å². The molecule has 1 amide bonds. The third-order valence-electron chi connectivity index (χ3n) is 6.46. The number of benzene rings is 1. The van der Waals surface area contributed by atoms with Crippen LogP contribution in [0.3, 0.4) is 0 Å². The first-order valence-electron chi connectivity index (χ1n) is 11.2. The number of methoxy groups -OCH3 is 1. The summed E-state index contributed by atoms with van der Waals surface area (Å²) in [5, 5.41) is 4.03. The fraction of sp³-hybridized carbons (Fsp3) is 0.542.